The van der Waals surface area contributed by atoms with Crippen LogP contribution in [0.2, 0.25) is 0 Å². The molecular weight excluding hydrogens is 226 g/mol. The molecule has 0 atom stereocenters. The molecule has 4 nitrogen and oxygen atoms in total. The van der Waals surface area contributed by atoms with Gasteiger partial charge in [0.2, 0.25) is 0 Å². The maximum absolute atomic E-state index is 12.3. The van der Waals surface area contributed by atoms with Gasteiger partial charge in [-0.05, 0) is 36.4 Å². The van der Waals surface area contributed by atoms with Crippen LogP contribution in [0.4, 0.5) is 5.69 Å². The molecule has 88 valence electrons. The van der Waals surface area contributed by atoms with Crippen LogP contribution in [0.3, 0.4) is 0 Å². The van der Waals surface area contributed by atoms with Crippen LogP contribution in [0.25, 0.3) is 11.0 Å². The van der Waals surface area contributed by atoms with Crippen LogP contribution in [0, 0.1) is 0 Å². The highest BCUT2D eigenvalue weighted by molar-refractivity contribution is 6.15. The van der Waals surface area contributed by atoms with Gasteiger partial charge in [0, 0.05) is 34.6 Å². The normalized spacial score (nSPS) is 10.7. The van der Waals surface area contributed by atoms with Crippen molar-refractivity contribution in [3.63, 3.8) is 0 Å². The lowest BCUT2D eigenvalue weighted by Gasteiger charge is -2.00. The third-order valence-corrected chi connectivity index (χ3v) is 2.87. The minimum absolute atomic E-state index is 0.0331. The molecule has 0 spiro atoms. The summed E-state index contributed by atoms with van der Waals surface area (Å²) in [6.07, 6.45) is 3.38. The Hall–Kier alpha value is -2.62. The van der Waals surface area contributed by atoms with Gasteiger partial charge in [-0.1, -0.05) is 0 Å². The van der Waals surface area contributed by atoms with E-state index in [2.05, 4.69) is 9.97 Å². The standard InChI is InChI=1S/C14H11N3O/c15-10-5-3-9(4-6-10)13(18)12-8-17-14-11(12)2-1-7-16-14/h1-8H,15H2,(H,16,17). The third kappa shape index (κ3) is 1.64. The fourth-order valence-corrected chi connectivity index (χ4v) is 1.93. The molecule has 3 aromatic rings. The lowest BCUT2D eigenvalue weighted by molar-refractivity contribution is 0.104. The number of carbonyl (C=O) groups is 1. The van der Waals surface area contributed by atoms with Crippen molar-refractivity contribution in [3.8, 4) is 0 Å². The summed E-state index contributed by atoms with van der Waals surface area (Å²) in [6.45, 7) is 0. The predicted octanol–water partition coefficient (Wildman–Crippen LogP) is 2.38. The highest BCUT2D eigenvalue weighted by atomic mass is 16.1. The molecule has 1 aromatic carbocycles. The number of anilines is 1. The maximum atomic E-state index is 12.3. The van der Waals surface area contributed by atoms with Crippen LogP contribution in [-0.4, -0.2) is 15.8 Å². The van der Waals surface area contributed by atoms with Crippen molar-refractivity contribution in [3.05, 3.63) is 59.9 Å². The number of rotatable bonds is 2. The second-order valence-electron chi connectivity index (χ2n) is 4.05. The molecule has 2 heterocycles. The lowest BCUT2D eigenvalue weighted by Crippen LogP contribution is -2.00. The van der Waals surface area contributed by atoms with Gasteiger partial charge in [-0.15, -0.1) is 0 Å². The predicted molar refractivity (Wildman–Crippen MR) is 70.4 cm³/mol. The first-order valence-corrected chi connectivity index (χ1v) is 5.58. The zero-order valence-corrected chi connectivity index (χ0v) is 9.55. The Bertz CT molecular complexity index is 713. The van der Waals surface area contributed by atoms with Crippen LogP contribution in [-0.2, 0) is 0 Å². The molecule has 0 amide bonds. The molecule has 3 rings (SSSR count). The summed E-state index contributed by atoms with van der Waals surface area (Å²) in [7, 11) is 0. The summed E-state index contributed by atoms with van der Waals surface area (Å²) < 4.78 is 0. The number of nitrogens with two attached hydrogens (primary N) is 1. The third-order valence-electron chi connectivity index (χ3n) is 2.87. The molecule has 0 aliphatic carbocycles. The number of nitrogens with one attached hydrogen (secondary N) is 1. The Morgan fingerprint density at radius 2 is 1.94 bits per heavy atom. The fraction of sp³-hybridized carbons (Fsp3) is 0. The van der Waals surface area contributed by atoms with Gasteiger partial charge in [0.1, 0.15) is 5.65 Å². The number of nitrogens with zero attached hydrogens (tertiary/aromatic N) is 1. The first-order chi connectivity index (χ1) is 8.75. The van der Waals surface area contributed by atoms with Crippen molar-refractivity contribution >= 4 is 22.5 Å². The van der Waals surface area contributed by atoms with E-state index >= 15 is 0 Å². The van der Waals surface area contributed by atoms with E-state index in [4.69, 9.17) is 5.73 Å². The second-order valence-corrected chi connectivity index (χ2v) is 4.05. The Kier molecular flexibility index (Phi) is 2.34. The molecule has 2 aromatic heterocycles. The number of aromatic nitrogens is 2. The average Bonchev–Trinajstić information content (AvgIpc) is 2.82. The van der Waals surface area contributed by atoms with E-state index in [1.165, 1.54) is 0 Å². The van der Waals surface area contributed by atoms with Gasteiger partial charge in [-0.2, -0.15) is 0 Å². The molecule has 0 bridgehead atoms. The van der Waals surface area contributed by atoms with Crippen LogP contribution < -0.4 is 5.73 Å². The van der Waals surface area contributed by atoms with Crippen molar-refractivity contribution < 1.29 is 4.79 Å². The van der Waals surface area contributed by atoms with Gasteiger partial charge < -0.3 is 10.7 Å². The van der Waals surface area contributed by atoms with E-state index in [-0.39, 0.29) is 5.78 Å². The highest BCUT2D eigenvalue weighted by Crippen LogP contribution is 2.19. The van der Waals surface area contributed by atoms with E-state index < -0.39 is 0 Å². The highest BCUT2D eigenvalue weighted by Gasteiger charge is 2.13. The summed E-state index contributed by atoms with van der Waals surface area (Å²) in [5, 5.41) is 0.833. The van der Waals surface area contributed by atoms with Crippen molar-refractivity contribution in [1.82, 2.24) is 9.97 Å². The van der Waals surface area contributed by atoms with Crippen molar-refractivity contribution in [1.29, 1.82) is 0 Å². The summed E-state index contributed by atoms with van der Waals surface area (Å²) in [5.41, 5.74) is 8.22. The van der Waals surface area contributed by atoms with Crippen LogP contribution in [0.15, 0.2) is 48.8 Å². The number of H-pyrrole nitrogens is 1. The number of benzene rings is 1. The molecule has 0 aliphatic rings. The Morgan fingerprint density at radius 1 is 1.17 bits per heavy atom. The Balaban J connectivity index is 2.09. The molecule has 0 aliphatic heterocycles. The zero-order chi connectivity index (χ0) is 12.5. The molecule has 18 heavy (non-hydrogen) atoms. The molecule has 0 saturated heterocycles. The van der Waals surface area contributed by atoms with Crippen LogP contribution >= 0.6 is 0 Å². The summed E-state index contributed by atoms with van der Waals surface area (Å²) in [5.74, 6) is -0.0331. The van der Waals surface area contributed by atoms with Crippen LogP contribution in [0.5, 0.6) is 0 Å². The van der Waals surface area contributed by atoms with Gasteiger partial charge in [0.15, 0.2) is 5.78 Å². The SMILES string of the molecule is Nc1ccc(C(=O)c2c[nH]c3ncccc23)cc1. The minimum Gasteiger partial charge on any atom is -0.399 e. The topological polar surface area (TPSA) is 71.8 Å². The molecule has 0 fully saturated rings. The zero-order valence-electron chi connectivity index (χ0n) is 9.55. The molecule has 3 N–H and O–H groups in total. The largest absolute Gasteiger partial charge is 0.399 e. The first kappa shape index (κ1) is 10.5. The fourth-order valence-electron chi connectivity index (χ4n) is 1.93. The van der Waals surface area contributed by atoms with Gasteiger partial charge in [-0.3, -0.25) is 4.79 Å². The first-order valence-electron chi connectivity index (χ1n) is 5.58. The van der Waals surface area contributed by atoms with Gasteiger partial charge in [0.25, 0.3) is 0 Å². The van der Waals surface area contributed by atoms with Crippen LogP contribution in [0.1, 0.15) is 15.9 Å². The number of pyridine rings is 1. The van der Waals surface area contributed by atoms with Crippen molar-refractivity contribution in [2.24, 2.45) is 0 Å². The van der Waals surface area contributed by atoms with E-state index in [0.29, 0.717) is 16.8 Å². The number of carbonyl (C=O) groups excluding carboxylic acids is 1. The molecular formula is C14H11N3O. The summed E-state index contributed by atoms with van der Waals surface area (Å²) in [6, 6.07) is 10.6. The molecule has 0 saturated carbocycles. The molecule has 0 radical (unpaired) electrons. The quantitative estimate of drug-likeness (QED) is 0.531. The summed E-state index contributed by atoms with van der Waals surface area (Å²) >= 11 is 0. The Morgan fingerprint density at radius 3 is 2.72 bits per heavy atom. The summed E-state index contributed by atoms with van der Waals surface area (Å²) in [4.78, 5) is 19.5. The van der Waals surface area contributed by atoms with Crippen molar-refractivity contribution in [2.45, 2.75) is 0 Å². The number of aromatic amines is 1. The number of fused-ring (bicyclic) bond motifs is 1. The second kappa shape index (κ2) is 4.00. The molecule has 0 unspecified atom stereocenters. The van der Waals surface area contributed by atoms with E-state index in [0.717, 1.165) is 11.0 Å². The number of nitrogen functional groups attached to an aromatic ring is 1. The maximum Gasteiger partial charge on any atom is 0.195 e. The van der Waals surface area contributed by atoms with Gasteiger partial charge in [0.05, 0.1) is 0 Å². The number of hydrogen-bond acceptors (Lipinski definition) is 3. The monoisotopic (exact) mass is 237 g/mol. The van der Waals surface area contributed by atoms with Gasteiger partial charge >= 0.3 is 0 Å². The van der Waals surface area contributed by atoms with Crippen molar-refractivity contribution in [2.75, 3.05) is 5.73 Å². The minimum atomic E-state index is -0.0331. The smallest absolute Gasteiger partial charge is 0.195 e. The number of hydrogen-bond donors (Lipinski definition) is 2. The van der Waals surface area contributed by atoms with E-state index in [9.17, 15) is 4.79 Å². The Labute approximate surface area is 103 Å². The van der Waals surface area contributed by atoms with E-state index in [1.807, 2.05) is 12.1 Å². The van der Waals surface area contributed by atoms with Gasteiger partial charge in [-0.25, -0.2) is 4.98 Å². The number of ketones is 1. The average molecular weight is 237 g/mol. The lowest BCUT2D eigenvalue weighted by atomic mass is 10.0. The van der Waals surface area contributed by atoms with E-state index in [1.54, 1.807) is 36.7 Å². The molecule has 4 heteroatoms.